The zero-order valence-corrected chi connectivity index (χ0v) is 9.24. The van der Waals surface area contributed by atoms with Crippen LogP contribution in [-0.2, 0) is 10.3 Å². The molecule has 16 heavy (non-hydrogen) atoms. The van der Waals surface area contributed by atoms with Crippen LogP contribution in [0.5, 0.6) is 0 Å². The van der Waals surface area contributed by atoms with Crippen LogP contribution in [-0.4, -0.2) is 11.7 Å². The van der Waals surface area contributed by atoms with Crippen LogP contribution in [0.3, 0.4) is 0 Å². The summed E-state index contributed by atoms with van der Waals surface area (Å²) in [6, 6.07) is 5.97. The normalized spacial score (nSPS) is 19.6. The lowest BCUT2D eigenvalue weighted by molar-refractivity contribution is 0.0148. The van der Waals surface area contributed by atoms with Gasteiger partial charge in [0, 0.05) is 0 Å². The van der Waals surface area contributed by atoms with E-state index in [9.17, 15) is 9.50 Å². The second-order valence-corrected chi connectivity index (χ2v) is 4.14. The number of aliphatic hydroxyl groups is 1. The van der Waals surface area contributed by atoms with Crippen molar-refractivity contribution in [3.63, 3.8) is 0 Å². The van der Waals surface area contributed by atoms with Crippen molar-refractivity contribution in [1.82, 2.24) is 0 Å². The first-order valence-corrected chi connectivity index (χ1v) is 5.42. The molecule has 0 radical (unpaired) electrons. The first-order valence-electron chi connectivity index (χ1n) is 5.42. The molecule has 0 fully saturated rings. The number of rotatable bonds is 2. The van der Waals surface area contributed by atoms with Crippen LogP contribution < -0.4 is 0 Å². The summed E-state index contributed by atoms with van der Waals surface area (Å²) in [6.45, 7) is 2.23. The van der Waals surface area contributed by atoms with Crippen molar-refractivity contribution in [1.29, 1.82) is 0 Å². The Hall–Kier alpha value is -1.35. The summed E-state index contributed by atoms with van der Waals surface area (Å²) in [5.41, 5.74) is -0.733. The predicted octanol–water partition coefficient (Wildman–Crippen LogP) is 2.73. The number of ether oxygens (including phenoxy) is 1. The second-order valence-electron chi connectivity index (χ2n) is 4.14. The minimum atomic E-state index is -1.25. The van der Waals surface area contributed by atoms with Gasteiger partial charge in [-0.3, -0.25) is 0 Å². The molecule has 1 aliphatic heterocycles. The molecule has 0 bridgehead atoms. The maximum atomic E-state index is 13.1. The lowest BCUT2D eigenvalue weighted by atomic mass is 9.92. The van der Waals surface area contributed by atoms with Crippen molar-refractivity contribution < 1.29 is 14.2 Å². The molecular formula is C13H15FO2. The van der Waals surface area contributed by atoms with Gasteiger partial charge in [0.05, 0.1) is 6.61 Å². The van der Waals surface area contributed by atoms with Gasteiger partial charge in [0.1, 0.15) is 17.2 Å². The highest BCUT2D eigenvalue weighted by Crippen LogP contribution is 2.32. The third-order valence-electron chi connectivity index (χ3n) is 2.80. The van der Waals surface area contributed by atoms with E-state index in [1.54, 1.807) is 19.1 Å². The van der Waals surface area contributed by atoms with Crippen LogP contribution in [0.2, 0.25) is 0 Å². The molecule has 0 saturated carbocycles. The number of hydrogen-bond donors (Lipinski definition) is 1. The third kappa shape index (κ3) is 2.09. The SMILES string of the molecule is CC(O)(C1=CCCCO1)c1cccc(F)c1. The Morgan fingerprint density at radius 3 is 2.88 bits per heavy atom. The standard InChI is InChI=1S/C13H15FO2/c1-13(15,12-7-2-3-8-16-12)10-5-4-6-11(14)9-10/h4-7,9,15H,2-3,8H2,1H3. The van der Waals surface area contributed by atoms with Crippen molar-refractivity contribution in [2.24, 2.45) is 0 Å². The van der Waals surface area contributed by atoms with Crippen LogP contribution >= 0.6 is 0 Å². The molecule has 0 spiro atoms. The van der Waals surface area contributed by atoms with E-state index in [0.29, 0.717) is 17.9 Å². The number of benzene rings is 1. The third-order valence-corrected chi connectivity index (χ3v) is 2.80. The molecule has 0 aromatic heterocycles. The lowest BCUT2D eigenvalue weighted by Gasteiger charge is -2.29. The Labute approximate surface area is 94.4 Å². The minimum Gasteiger partial charge on any atom is -0.495 e. The molecule has 1 aliphatic rings. The van der Waals surface area contributed by atoms with Gasteiger partial charge in [-0.15, -0.1) is 0 Å². The second kappa shape index (κ2) is 4.26. The molecular weight excluding hydrogens is 207 g/mol. The van der Waals surface area contributed by atoms with E-state index < -0.39 is 5.60 Å². The summed E-state index contributed by atoms with van der Waals surface area (Å²) < 4.78 is 18.5. The van der Waals surface area contributed by atoms with Crippen molar-refractivity contribution in [3.8, 4) is 0 Å². The Bertz CT molecular complexity index is 410. The zero-order valence-electron chi connectivity index (χ0n) is 9.24. The van der Waals surface area contributed by atoms with Crippen molar-refractivity contribution in [2.75, 3.05) is 6.61 Å². The van der Waals surface area contributed by atoms with Crippen LogP contribution in [0.1, 0.15) is 25.3 Å². The first-order chi connectivity index (χ1) is 7.60. The van der Waals surface area contributed by atoms with Crippen LogP contribution in [0.15, 0.2) is 36.1 Å². The maximum Gasteiger partial charge on any atom is 0.143 e. The number of allylic oxidation sites excluding steroid dienone is 1. The fourth-order valence-electron chi connectivity index (χ4n) is 1.83. The predicted molar refractivity (Wildman–Crippen MR) is 59.2 cm³/mol. The average Bonchev–Trinajstić information content (AvgIpc) is 2.30. The van der Waals surface area contributed by atoms with Gasteiger partial charge in [-0.1, -0.05) is 12.1 Å². The van der Waals surface area contributed by atoms with Gasteiger partial charge in [-0.05, 0) is 43.5 Å². The molecule has 1 N–H and O–H groups in total. The van der Waals surface area contributed by atoms with Gasteiger partial charge in [0.2, 0.25) is 0 Å². The number of hydrogen-bond acceptors (Lipinski definition) is 2. The van der Waals surface area contributed by atoms with Gasteiger partial charge >= 0.3 is 0 Å². The van der Waals surface area contributed by atoms with E-state index in [4.69, 9.17) is 4.74 Å². The summed E-state index contributed by atoms with van der Waals surface area (Å²) in [5.74, 6) is 0.165. The van der Waals surface area contributed by atoms with E-state index in [-0.39, 0.29) is 5.82 Å². The van der Waals surface area contributed by atoms with Crippen molar-refractivity contribution in [2.45, 2.75) is 25.4 Å². The van der Waals surface area contributed by atoms with Gasteiger partial charge in [0.15, 0.2) is 0 Å². The van der Waals surface area contributed by atoms with E-state index in [1.165, 1.54) is 12.1 Å². The molecule has 0 aliphatic carbocycles. The van der Waals surface area contributed by atoms with Crippen LogP contribution in [0.4, 0.5) is 4.39 Å². The Morgan fingerprint density at radius 2 is 2.25 bits per heavy atom. The molecule has 86 valence electrons. The van der Waals surface area contributed by atoms with Gasteiger partial charge in [-0.2, -0.15) is 0 Å². The van der Waals surface area contributed by atoms with E-state index >= 15 is 0 Å². The molecule has 0 amide bonds. The smallest absolute Gasteiger partial charge is 0.143 e. The largest absolute Gasteiger partial charge is 0.495 e. The molecule has 1 aromatic rings. The molecule has 3 heteroatoms. The Kier molecular flexibility index (Phi) is 2.97. The summed E-state index contributed by atoms with van der Waals surface area (Å²) in [7, 11) is 0. The van der Waals surface area contributed by atoms with Crippen molar-refractivity contribution >= 4 is 0 Å². The molecule has 2 rings (SSSR count). The monoisotopic (exact) mass is 222 g/mol. The summed E-state index contributed by atoms with van der Waals surface area (Å²) in [6.07, 6.45) is 3.72. The Morgan fingerprint density at radius 1 is 1.44 bits per heavy atom. The highest BCUT2D eigenvalue weighted by atomic mass is 19.1. The topological polar surface area (TPSA) is 29.5 Å². The average molecular weight is 222 g/mol. The van der Waals surface area contributed by atoms with Crippen molar-refractivity contribution in [3.05, 3.63) is 47.5 Å². The molecule has 1 heterocycles. The zero-order chi connectivity index (χ0) is 11.6. The minimum absolute atomic E-state index is 0.353. The highest BCUT2D eigenvalue weighted by Gasteiger charge is 2.31. The summed E-state index contributed by atoms with van der Waals surface area (Å²) >= 11 is 0. The highest BCUT2D eigenvalue weighted by molar-refractivity contribution is 5.30. The van der Waals surface area contributed by atoms with Gasteiger partial charge in [0.25, 0.3) is 0 Å². The quantitative estimate of drug-likeness (QED) is 0.833. The first kappa shape index (κ1) is 11.1. The summed E-state index contributed by atoms with van der Waals surface area (Å²) in [5, 5.41) is 10.4. The fraction of sp³-hybridized carbons (Fsp3) is 0.385. The van der Waals surface area contributed by atoms with Crippen LogP contribution in [0.25, 0.3) is 0 Å². The lowest BCUT2D eigenvalue weighted by Crippen LogP contribution is -2.27. The maximum absolute atomic E-state index is 13.1. The van der Waals surface area contributed by atoms with E-state index in [1.807, 2.05) is 6.08 Å². The van der Waals surface area contributed by atoms with Gasteiger partial charge in [-0.25, -0.2) is 4.39 Å². The molecule has 0 saturated heterocycles. The van der Waals surface area contributed by atoms with Gasteiger partial charge < -0.3 is 9.84 Å². The van der Waals surface area contributed by atoms with E-state index in [0.717, 1.165) is 12.8 Å². The summed E-state index contributed by atoms with van der Waals surface area (Å²) in [4.78, 5) is 0. The fourth-order valence-corrected chi connectivity index (χ4v) is 1.83. The molecule has 1 aromatic carbocycles. The molecule has 1 unspecified atom stereocenters. The number of halogens is 1. The Balaban J connectivity index is 2.33. The van der Waals surface area contributed by atoms with Crippen LogP contribution in [0, 0.1) is 5.82 Å². The molecule has 2 nitrogen and oxygen atoms in total. The van der Waals surface area contributed by atoms with E-state index in [2.05, 4.69) is 0 Å². The molecule has 1 atom stereocenters.